The van der Waals surface area contributed by atoms with Crippen molar-refractivity contribution in [3.8, 4) is 0 Å². The van der Waals surface area contributed by atoms with Crippen molar-refractivity contribution in [3.63, 3.8) is 0 Å². The van der Waals surface area contributed by atoms with Crippen molar-refractivity contribution in [2.24, 2.45) is 5.16 Å². The highest BCUT2D eigenvalue weighted by molar-refractivity contribution is 7.87. The summed E-state index contributed by atoms with van der Waals surface area (Å²) >= 11 is 12.5. The molecule has 2 N–H and O–H groups in total. The molecule has 166 valence electrons. The molecule has 0 fully saturated rings. The number of hydrogen-bond acceptors (Lipinski definition) is 6. The van der Waals surface area contributed by atoms with Crippen molar-refractivity contribution in [1.82, 2.24) is 0 Å². The predicted octanol–water partition coefficient (Wildman–Crippen LogP) is 5.40. The molecule has 3 aromatic rings. The number of amides is 1. The molecule has 1 amide bonds. The van der Waals surface area contributed by atoms with Crippen LogP contribution in [-0.2, 0) is 14.3 Å². The lowest BCUT2D eigenvalue weighted by atomic mass is 10.1. The molecule has 0 bridgehead atoms. The Labute approximate surface area is 195 Å². The van der Waals surface area contributed by atoms with Gasteiger partial charge in [-0.3, -0.25) is 4.79 Å². The molecule has 10 heteroatoms. The topological polar surface area (TPSA) is 105 Å². The first-order valence-corrected chi connectivity index (χ1v) is 11.4. The number of benzene rings is 3. The van der Waals surface area contributed by atoms with Crippen molar-refractivity contribution in [2.45, 2.75) is 18.7 Å². The van der Waals surface area contributed by atoms with Crippen LogP contribution in [0.1, 0.15) is 27.0 Å². The quantitative estimate of drug-likeness (QED) is 0.163. The zero-order valence-electron chi connectivity index (χ0n) is 17.0. The van der Waals surface area contributed by atoms with Gasteiger partial charge in [0.15, 0.2) is 0 Å². The minimum absolute atomic E-state index is 0.0240. The largest absolute Gasteiger partial charge is 0.408 e. The zero-order chi connectivity index (χ0) is 23.5. The van der Waals surface area contributed by atoms with Crippen molar-refractivity contribution in [3.05, 3.63) is 93.0 Å². The maximum absolute atomic E-state index is 12.7. The van der Waals surface area contributed by atoms with Crippen LogP contribution in [0.4, 0.5) is 5.69 Å². The van der Waals surface area contributed by atoms with Crippen LogP contribution in [0, 0.1) is 13.8 Å². The fraction of sp³-hybridized carbons (Fsp3) is 0.0909. The Kier molecular flexibility index (Phi) is 7.08. The second-order valence-electron chi connectivity index (χ2n) is 6.86. The van der Waals surface area contributed by atoms with Crippen LogP contribution in [0.3, 0.4) is 0 Å². The number of hydrogen-bond donors (Lipinski definition) is 2. The first kappa shape index (κ1) is 23.6. The molecule has 0 heterocycles. The maximum Gasteiger partial charge on any atom is 0.340 e. The molecule has 0 atom stereocenters. The molecular weight excluding hydrogens is 475 g/mol. The number of aryl methyl sites for hydroxylation is 2. The molecule has 32 heavy (non-hydrogen) atoms. The summed E-state index contributed by atoms with van der Waals surface area (Å²) in [6, 6.07) is 15.6. The van der Waals surface area contributed by atoms with Gasteiger partial charge in [0.25, 0.3) is 11.8 Å². The third-order valence-electron chi connectivity index (χ3n) is 4.45. The number of rotatable bonds is 5. The van der Waals surface area contributed by atoms with Gasteiger partial charge >= 0.3 is 10.1 Å². The van der Waals surface area contributed by atoms with Gasteiger partial charge < -0.3 is 14.7 Å². The smallest absolute Gasteiger partial charge is 0.340 e. The molecule has 0 aliphatic rings. The van der Waals surface area contributed by atoms with Crippen LogP contribution in [0.15, 0.2) is 70.7 Å². The van der Waals surface area contributed by atoms with E-state index < -0.39 is 21.9 Å². The van der Waals surface area contributed by atoms with Crippen LogP contribution in [-0.4, -0.2) is 25.4 Å². The minimum atomic E-state index is -4.36. The Morgan fingerprint density at radius 1 is 0.938 bits per heavy atom. The van der Waals surface area contributed by atoms with E-state index in [-0.39, 0.29) is 26.1 Å². The van der Waals surface area contributed by atoms with E-state index in [9.17, 15) is 18.4 Å². The van der Waals surface area contributed by atoms with Crippen molar-refractivity contribution < 1.29 is 22.6 Å². The Balaban J connectivity index is 1.94. The van der Waals surface area contributed by atoms with Gasteiger partial charge in [-0.15, -0.1) is 0 Å². The van der Waals surface area contributed by atoms with E-state index in [0.29, 0.717) is 5.69 Å². The number of halogens is 2. The standard InChI is InChI=1S/C22H18Cl2N2O5S/c1-13-3-7-15(8-4-13)25-21(27)17-11-12-18(23)19(20(17)24)22(26-28)31-32(29,30)16-9-5-14(2)6-10-16/h3-12,28H,1-2H3,(H,25,27). The first-order chi connectivity index (χ1) is 15.1. The summed E-state index contributed by atoms with van der Waals surface area (Å²) in [4.78, 5) is 12.6. The van der Waals surface area contributed by atoms with E-state index >= 15 is 0 Å². The van der Waals surface area contributed by atoms with E-state index in [1.54, 1.807) is 31.2 Å². The van der Waals surface area contributed by atoms with E-state index in [1.807, 2.05) is 19.1 Å². The van der Waals surface area contributed by atoms with E-state index in [0.717, 1.165) is 11.1 Å². The number of anilines is 1. The SMILES string of the molecule is Cc1ccc(NC(=O)c2ccc(Cl)c(C(=NO)OS(=O)(=O)c3ccc(C)cc3)c2Cl)cc1. The Hall–Kier alpha value is -3.07. The second kappa shape index (κ2) is 9.60. The van der Waals surface area contributed by atoms with Crippen molar-refractivity contribution in [1.29, 1.82) is 0 Å². The predicted molar refractivity (Wildman–Crippen MR) is 123 cm³/mol. The average Bonchev–Trinajstić information content (AvgIpc) is 2.74. The number of oxime groups is 1. The molecule has 0 aliphatic carbocycles. The second-order valence-corrected chi connectivity index (χ2v) is 9.19. The van der Waals surface area contributed by atoms with Gasteiger partial charge in [0, 0.05) is 5.69 Å². The normalized spacial score (nSPS) is 11.8. The lowest BCUT2D eigenvalue weighted by Gasteiger charge is -2.14. The summed E-state index contributed by atoms with van der Waals surface area (Å²) in [6.45, 7) is 3.71. The molecular formula is C22H18Cl2N2O5S. The highest BCUT2D eigenvalue weighted by Crippen LogP contribution is 2.31. The van der Waals surface area contributed by atoms with Crippen molar-refractivity contribution in [2.75, 3.05) is 5.32 Å². The molecule has 3 aromatic carbocycles. The fourth-order valence-electron chi connectivity index (χ4n) is 2.72. The fourth-order valence-corrected chi connectivity index (χ4v) is 4.23. The van der Waals surface area contributed by atoms with Gasteiger partial charge in [-0.25, -0.2) is 0 Å². The van der Waals surface area contributed by atoms with Crippen LogP contribution in [0.25, 0.3) is 0 Å². The molecule has 0 unspecified atom stereocenters. The van der Waals surface area contributed by atoms with Gasteiger partial charge in [-0.2, -0.15) is 8.42 Å². The Morgan fingerprint density at radius 3 is 2.06 bits per heavy atom. The summed E-state index contributed by atoms with van der Waals surface area (Å²) < 4.78 is 30.2. The number of carbonyl (C=O) groups excluding carboxylic acids is 1. The molecule has 0 aliphatic heterocycles. The summed E-state index contributed by atoms with van der Waals surface area (Å²) in [6.07, 6.45) is 0. The highest BCUT2D eigenvalue weighted by Gasteiger charge is 2.27. The van der Waals surface area contributed by atoms with Crippen LogP contribution < -0.4 is 5.32 Å². The first-order valence-electron chi connectivity index (χ1n) is 9.22. The molecule has 0 spiro atoms. The van der Waals surface area contributed by atoms with E-state index in [1.165, 1.54) is 24.3 Å². The highest BCUT2D eigenvalue weighted by atomic mass is 35.5. The average molecular weight is 493 g/mol. The van der Waals surface area contributed by atoms with Gasteiger partial charge in [0.2, 0.25) is 0 Å². The molecule has 0 saturated heterocycles. The van der Waals surface area contributed by atoms with Gasteiger partial charge in [0.05, 0.1) is 21.2 Å². The third-order valence-corrected chi connectivity index (χ3v) is 6.38. The summed E-state index contributed by atoms with van der Waals surface area (Å²) in [5, 5.41) is 14.7. The van der Waals surface area contributed by atoms with Crippen LogP contribution in [0.5, 0.6) is 0 Å². The molecule has 0 radical (unpaired) electrons. The minimum Gasteiger partial charge on any atom is -0.408 e. The summed E-state index contributed by atoms with van der Waals surface area (Å²) in [7, 11) is -4.36. The number of nitrogens with zero attached hydrogens (tertiary/aromatic N) is 1. The number of carbonyl (C=O) groups is 1. The molecule has 3 rings (SSSR count). The summed E-state index contributed by atoms with van der Waals surface area (Å²) in [5.41, 5.74) is 2.12. The summed E-state index contributed by atoms with van der Waals surface area (Å²) in [5.74, 6) is -1.35. The Morgan fingerprint density at radius 2 is 1.50 bits per heavy atom. The van der Waals surface area contributed by atoms with Gasteiger partial charge in [-0.1, -0.05) is 58.6 Å². The number of nitrogens with one attached hydrogen (secondary N) is 1. The monoisotopic (exact) mass is 492 g/mol. The molecule has 0 saturated carbocycles. The maximum atomic E-state index is 12.7. The lowest BCUT2D eigenvalue weighted by Crippen LogP contribution is -2.18. The zero-order valence-corrected chi connectivity index (χ0v) is 19.3. The van der Waals surface area contributed by atoms with E-state index in [2.05, 4.69) is 10.5 Å². The van der Waals surface area contributed by atoms with Crippen LogP contribution >= 0.6 is 23.2 Å². The van der Waals surface area contributed by atoms with Crippen LogP contribution in [0.2, 0.25) is 10.0 Å². The van der Waals surface area contributed by atoms with Crippen molar-refractivity contribution >= 4 is 50.8 Å². The molecule has 0 aromatic heterocycles. The van der Waals surface area contributed by atoms with Gasteiger partial charge in [-0.05, 0) is 55.4 Å². The molecule has 7 nitrogen and oxygen atoms in total. The van der Waals surface area contributed by atoms with Gasteiger partial charge in [0.1, 0.15) is 4.90 Å². The third kappa shape index (κ3) is 5.21. The van der Waals surface area contributed by atoms with E-state index in [4.69, 9.17) is 27.4 Å². The lowest BCUT2D eigenvalue weighted by molar-refractivity contribution is 0.102. The Bertz CT molecular complexity index is 1290.